The van der Waals surface area contributed by atoms with E-state index in [2.05, 4.69) is 0 Å². The van der Waals surface area contributed by atoms with Crippen LogP contribution in [0, 0.1) is 5.82 Å². The first kappa shape index (κ1) is 15.4. The van der Waals surface area contributed by atoms with Crippen LogP contribution in [-0.4, -0.2) is 21.7 Å². The minimum atomic E-state index is -1.31. The van der Waals surface area contributed by atoms with Crippen LogP contribution in [0.3, 0.4) is 0 Å². The van der Waals surface area contributed by atoms with Gasteiger partial charge < -0.3 is 15.4 Å². The first-order chi connectivity index (χ1) is 10.9. The molecule has 2 aromatic rings. The van der Waals surface area contributed by atoms with Gasteiger partial charge in [-0.25, -0.2) is 9.18 Å². The van der Waals surface area contributed by atoms with E-state index in [1.54, 1.807) is 10.6 Å². The minimum absolute atomic E-state index is 0.0795. The van der Waals surface area contributed by atoms with E-state index in [0.717, 1.165) is 18.1 Å². The molecule has 3 rings (SSSR count). The number of aromatic nitrogens is 1. The van der Waals surface area contributed by atoms with Crippen LogP contribution < -0.4 is 11.2 Å². The first-order valence-corrected chi connectivity index (χ1v) is 7.49. The highest BCUT2D eigenvalue weighted by Crippen LogP contribution is 2.31. The van der Waals surface area contributed by atoms with Crippen LogP contribution in [0.2, 0.25) is 0 Å². The van der Waals surface area contributed by atoms with Gasteiger partial charge in [-0.3, -0.25) is 4.79 Å². The molecule has 1 atom stereocenters. The average molecular weight is 316 g/mol. The predicted molar refractivity (Wildman–Crippen MR) is 86.0 cm³/mol. The second kappa shape index (κ2) is 5.62. The molecule has 1 aromatic carbocycles. The fourth-order valence-electron chi connectivity index (χ4n) is 3.04. The van der Waals surface area contributed by atoms with E-state index in [9.17, 15) is 14.0 Å². The van der Waals surface area contributed by atoms with Crippen molar-refractivity contribution in [3.8, 4) is 0 Å². The normalized spacial score (nSPS) is 17.5. The number of aryl methyl sites for hydroxylation is 1. The largest absolute Gasteiger partial charge is 0.477 e. The maximum atomic E-state index is 14.5. The number of carboxylic acid groups (broad SMARTS) is 1. The van der Waals surface area contributed by atoms with Crippen LogP contribution >= 0.6 is 0 Å². The third-order valence-corrected chi connectivity index (χ3v) is 4.25. The zero-order chi connectivity index (χ0) is 16.7. The second-order valence-electron chi connectivity index (χ2n) is 5.71. The molecule has 6 heteroatoms. The Morgan fingerprint density at radius 2 is 2.22 bits per heavy atom. The van der Waals surface area contributed by atoms with Crippen LogP contribution in [0.15, 0.2) is 29.2 Å². The van der Waals surface area contributed by atoms with Crippen molar-refractivity contribution in [2.45, 2.75) is 32.4 Å². The number of nitrogens with two attached hydrogens (primary N) is 1. The maximum Gasteiger partial charge on any atom is 0.341 e. The molecule has 1 aliphatic rings. The zero-order valence-electron chi connectivity index (χ0n) is 12.7. The number of nitrogens with zero attached hydrogens (tertiary/aromatic N) is 1. The molecule has 0 spiro atoms. The number of carboxylic acids is 1. The summed E-state index contributed by atoms with van der Waals surface area (Å²) in [5.41, 5.74) is 6.60. The number of halogens is 1. The Morgan fingerprint density at radius 1 is 1.48 bits per heavy atom. The van der Waals surface area contributed by atoms with E-state index in [-0.39, 0.29) is 17.0 Å². The molecule has 0 saturated carbocycles. The third kappa shape index (κ3) is 2.55. The maximum absolute atomic E-state index is 14.5. The van der Waals surface area contributed by atoms with Gasteiger partial charge in [0.2, 0.25) is 5.43 Å². The number of hydrogen-bond donors (Lipinski definition) is 2. The quantitative estimate of drug-likeness (QED) is 0.910. The topological polar surface area (TPSA) is 85.3 Å². The highest BCUT2D eigenvalue weighted by Gasteiger charge is 2.20. The monoisotopic (exact) mass is 316 g/mol. The number of fused-ring (bicyclic) bond motifs is 1. The standard InChI is InChI=1S/C17H17FN2O3/c1-2-20-8-13(17(22)23)16(21)12-6-14(18)11(7-15(12)20)9-3-4-10(19)5-9/h5-8,10H,2-4,19H2,1H3,(H,22,23). The van der Waals surface area contributed by atoms with Gasteiger partial charge in [0.1, 0.15) is 11.4 Å². The van der Waals surface area contributed by atoms with Gasteiger partial charge in [0.05, 0.1) is 5.52 Å². The van der Waals surface area contributed by atoms with Crippen molar-refractivity contribution in [3.05, 3.63) is 51.6 Å². The molecule has 3 N–H and O–H groups in total. The van der Waals surface area contributed by atoms with E-state index in [1.165, 1.54) is 6.20 Å². The Hall–Kier alpha value is -2.47. The number of pyridine rings is 1. The summed E-state index contributed by atoms with van der Waals surface area (Å²) in [7, 11) is 0. The number of hydrogen-bond acceptors (Lipinski definition) is 3. The van der Waals surface area contributed by atoms with E-state index >= 15 is 0 Å². The van der Waals surface area contributed by atoms with E-state index in [4.69, 9.17) is 10.8 Å². The lowest BCUT2D eigenvalue weighted by Crippen LogP contribution is -2.19. The van der Waals surface area contributed by atoms with E-state index in [1.807, 2.05) is 13.0 Å². The van der Waals surface area contributed by atoms with Gasteiger partial charge in [0.15, 0.2) is 0 Å². The third-order valence-electron chi connectivity index (χ3n) is 4.25. The molecule has 0 saturated heterocycles. The van der Waals surface area contributed by atoms with Crippen molar-refractivity contribution in [2.75, 3.05) is 0 Å². The number of carbonyl (C=O) groups is 1. The average Bonchev–Trinajstić information content (AvgIpc) is 2.93. The predicted octanol–water partition coefficient (Wildman–Crippen LogP) is 2.36. The molecule has 1 aliphatic carbocycles. The zero-order valence-corrected chi connectivity index (χ0v) is 12.7. The first-order valence-electron chi connectivity index (χ1n) is 7.49. The van der Waals surface area contributed by atoms with Crippen molar-refractivity contribution in [1.29, 1.82) is 0 Å². The van der Waals surface area contributed by atoms with Crippen LogP contribution in [0.25, 0.3) is 16.5 Å². The Bertz CT molecular complexity index is 899. The molecule has 1 unspecified atom stereocenters. The summed E-state index contributed by atoms with van der Waals surface area (Å²) in [4.78, 5) is 23.5. The summed E-state index contributed by atoms with van der Waals surface area (Å²) in [6.45, 7) is 2.31. The highest BCUT2D eigenvalue weighted by molar-refractivity contribution is 5.93. The lowest BCUT2D eigenvalue weighted by atomic mass is 10.0. The number of aromatic carboxylic acids is 1. The Balaban J connectivity index is 2.32. The summed E-state index contributed by atoms with van der Waals surface area (Å²) >= 11 is 0. The molecule has 0 aliphatic heterocycles. The van der Waals surface area contributed by atoms with Gasteiger partial charge in [0.25, 0.3) is 0 Å². The molecular formula is C17H17FN2O3. The Labute approximate surface area is 131 Å². The molecule has 0 fully saturated rings. The lowest BCUT2D eigenvalue weighted by Gasteiger charge is -2.13. The molecule has 0 amide bonds. The van der Waals surface area contributed by atoms with Gasteiger partial charge in [-0.2, -0.15) is 0 Å². The summed E-state index contributed by atoms with van der Waals surface area (Å²) < 4.78 is 16.1. The lowest BCUT2D eigenvalue weighted by molar-refractivity contribution is 0.0695. The SMILES string of the molecule is CCn1cc(C(=O)O)c(=O)c2cc(F)c(C3=CC(N)CC3)cc21. The van der Waals surface area contributed by atoms with E-state index in [0.29, 0.717) is 24.0 Å². The van der Waals surface area contributed by atoms with Gasteiger partial charge in [-0.1, -0.05) is 6.08 Å². The molecule has 1 heterocycles. The fraction of sp³-hybridized carbons (Fsp3) is 0.294. The highest BCUT2D eigenvalue weighted by atomic mass is 19.1. The molecule has 23 heavy (non-hydrogen) atoms. The fourth-order valence-corrected chi connectivity index (χ4v) is 3.04. The summed E-state index contributed by atoms with van der Waals surface area (Å²) in [6.07, 6.45) is 4.60. The number of allylic oxidation sites excluding steroid dienone is 1. The summed E-state index contributed by atoms with van der Waals surface area (Å²) in [5.74, 6) is -1.84. The van der Waals surface area contributed by atoms with Crippen molar-refractivity contribution < 1.29 is 14.3 Å². The molecule has 1 aromatic heterocycles. The Morgan fingerprint density at radius 3 is 2.78 bits per heavy atom. The van der Waals surface area contributed by atoms with Gasteiger partial charge in [-0.15, -0.1) is 0 Å². The van der Waals surface area contributed by atoms with Crippen molar-refractivity contribution in [2.24, 2.45) is 5.73 Å². The molecule has 0 bridgehead atoms. The molecule has 0 radical (unpaired) electrons. The van der Waals surface area contributed by atoms with E-state index < -0.39 is 17.2 Å². The smallest absolute Gasteiger partial charge is 0.341 e. The molecular weight excluding hydrogens is 299 g/mol. The van der Waals surface area contributed by atoms with Gasteiger partial charge >= 0.3 is 5.97 Å². The number of rotatable bonds is 3. The minimum Gasteiger partial charge on any atom is -0.477 e. The van der Waals surface area contributed by atoms with Crippen molar-refractivity contribution >= 4 is 22.4 Å². The van der Waals surface area contributed by atoms with Crippen molar-refractivity contribution in [3.63, 3.8) is 0 Å². The van der Waals surface area contributed by atoms with Gasteiger partial charge in [0, 0.05) is 29.7 Å². The summed E-state index contributed by atoms with van der Waals surface area (Å²) in [6, 6.07) is 2.67. The van der Waals surface area contributed by atoms with Crippen LogP contribution in [-0.2, 0) is 6.54 Å². The Kier molecular flexibility index (Phi) is 3.77. The number of benzene rings is 1. The van der Waals surface area contributed by atoms with Crippen molar-refractivity contribution in [1.82, 2.24) is 4.57 Å². The van der Waals surface area contributed by atoms with Crippen LogP contribution in [0.4, 0.5) is 4.39 Å². The van der Waals surface area contributed by atoms with Crippen LogP contribution in [0.1, 0.15) is 35.7 Å². The summed E-state index contributed by atoms with van der Waals surface area (Å²) in [5, 5.41) is 9.22. The second-order valence-corrected chi connectivity index (χ2v) is 5.71. The molecule has 5 nitrogen and oxygen atoms in total. The molecule has 120 valence electrons. The van der Waals surface area contributed by atoms with Gasteiger partial charge in [-0.05, 0) is 37.5 Å². The van der Waals surface area contributed by atoms with Crippen LogP contribution in [0.5, 0.6) is 0 Å².